The number of nitrogens with zero attached hydrogens (tertiary/aromatic N) is 2. The molecule has 0 aromatic heterocycles. The summed E-state index contributed by atoms with van der Waals surface area (Å²) in [5.74, 6) is -0.262. The molecule has 1 heterocycles. The lowest BCUT2D eigenvalue weighted by Gasteiger charge is -2.39. The van der Waals surface area contributed by atoms with Crippen molar-refractivity contribution >= 4 is 45.0 Å². The molecule has 0 spiro atoms. The summed E-state index contributed by atoms with van der Waals surface area (Å²) in [7, 11) is 0. The highest BCUT2D eigenvalue weighted by atomic mass is 79.9. The molecule has 1 atom stereocenters. The fourth-order valence-electron chi connectivity index (χ4n) is 2.82. The van der Waals surface area contributed by atoms with Gasteiger partial charge in [-0.05, 0) is 43.3 Å². The van der Waals surface area contributed by atoms with Gasteiger partial charge in [-0.3, -0.25) is 9.59 Å². The molecule has 1 saturated heterocycles. The fraction of sp³-hybridized carbons (Fsp3) is 0.222. The van der Waals surface area contributed by atoms with Gasteiger partial charge in [0.15, 0.2) is 0 Å². The first-order valence-corrected chi connectivity index (χ1v) is 8.78. The average molecular weight is 408 g/mol. The Labute approximate surface area is 154 Å². The Hall–Kier alpha value is -1.85. The molecule has 0 radical (unpaired) electrons. The number of anilines is 1. The minimum atomic E-state index is -0.536. The molecule has 6 heteroatoms. The fourth-order valence-corrected chi connectivity index (χ4v) is 3.32. The molecule has 2 amide bonds. The Kier molecular flexibility index (Phi) is 4.92. The zero-order valence-corrected chi connectivity index (χ0v) is 15.4. The maximum absolute atomic E-state index is 12.7. The molecule has 0 bridgehead atoms. The average Bonchev–Trinajstić information content (AvgIpc) is 2.58. The second-order valence-electron chi connectivity index (χ2n) is 5.62. The van der Waals surface area contributed by atoms with E-state index in [9.17, 15) is 9.59 Å². The number of hydrogen-bond donors (Lipinski definition) is 0. The lowest BCUT2D eigenvalue weighted by molar-refractivity contribution is -0.124. The third-order valence-electron chi connectivity index (χ3n) is 4.15. The minimum Gasteiger partial charge on any atom is -0.325 e. The highest BCUT2D eigenvalue weighted by Crippen LogP contribution is 2.28. The first-order valence-electron chi connectivity index (χ1n) is 7.61. The van der Waals surface area contributed by atoms with Gasteiger partial charge in [-0.25, -0.2) is 0 Å². The standard InChI is InChI=1S/C18H16BrClN2O2/c1-12-17(23)22(16-5-3-2-4-15(16)20)11-10-21(12)18(24)13-6-8-14(19)9-7-13/h2-9,12H,10-11H2,1H3/t12-/m0/s1. The third-order valence-corrected chi connectivity index (χ3v) is 5.00. The molecule has 0 aliphatic carbocycles. The Bertz CT molecular complexity index is 779. The van der Waals surface area contributed by atoms with Crippen LogP contribution >= 0.6 is 27.5 Å². The Morgan fingerprint density at radius 1 is 1.12 bits per heavy atom. The van der Waals surface area contributed by atoms with Crippen molar-refractivity contribution in [3.63, 3.8) is 0 Å². The maximum Gasteiger partial charge on any atom is 0.254 e. The smallest absolute Gasteiger partial charge is 0.254 e. The van der Waals surface area contributed by atoms with Crippen molar-refractivity contribution in [1.82, 2.24) is 4.90 Å². The molecule has 0 unspecified atom stereocenters. The number of carbonyl (C=O) groups is 2. The molecular formula is C18H16BrClN2O2. The van der Waals surface area contributed by atoms with Crippen molar-refractivity contribution in [2.24, 2.45) is 0 Å². The van der Waals surface area contributed by atoms with Gasteiger partial charge in [0.25, 0.3) is 5.91 Å². The zero-order chi connectivity index (χ0) is 17.3. The summed E-state index contributed by atoms with van der Waals surface area (Å²) in [6.07, 6.45) is 0. The van der Waals surface area contributed by atoms with Crippen molar-refractivity contribution in [2.45, 2.75) is 13.0 Å². The molecule has 1 fully saturated rings. The number of hydrogen-bond acceptors (Lipinski definition) is 2. The molecule has 1 aliphatic rings. The van der Waals surface area contributed by atoms with Gasteiger partial charge >= 0.3 is 0 Å². The van der Waals surface area contributed by atoms with Crippen LogP contribution in [0.2, 0.25) is 5.02 Å². The summed E-state index contributed by atoms with van der Waals surface area (Å²) < 4.78 is 0.909. The SMILES string of the molecule is C[C@H]1C(=O)N(c2ccccc2Cl)CCN1C(=O)c1ccc(Br)cc1. The van der Waals surface area contributed by atoms with Crippen molar-refractivity contribution < 1.29 is 9.59 Å². The molecular weight excluding hydrogens is 392 g/mol. The summed E-state index contributed by atoms with van der Waals surface area (Å²) >= 11 is 9.56. The van der Waals surface area contributed by atoms with Gasteiger partial charge in [0.1, 0.15) is 6.04 Å². The van der Waals surface area contributed by atoms with Crippen LogP contribution in [0.4, 0.5) is 5.69 Å². The van der Waals surface area contributed by atoms with Crippen LogP contribution in [0.25, 0.3) is 0 Å². The van der Waals surface area contributed by atoms with Gasteiger partial charge in [-0.2, -0.15) is 0 Å². The number of carbonyl (C=O) groups excluding carboxylic acids is 2. The van der Waals surface area contributed by atoms with Gasteiger partial charge in [0, 0.05) is 23.1 Å². The second kappa shape index (κ2) is 6.95. The number of rotatable bonds is 2. The summed E-state index contributed by atoms with van der Waals surface area (Å²) in [6, 6.07) is 13.9. The van der Waals surface area contributed by atoms with Crippen LogP contribution in [-0.2, 0) is 4.79 Å². The molecule has 2 aromatic rings. The number of para-hydroxylation sites is 1. The van der Waals surface area contributed by atoms with E-state index in [1.807, 2.05) is 30.3 Å². The van der Waals surface area contributed by atoms with E-state index in [0.717, 1.165) is 4.47 Å². The summed E-state index contributed by atoms with van der Waals surface area (Å²) in [6.45, 7) is 2.64. The van der Waals surface area contributed by atoms with Crippen molar-refractivity contribution in [2.75, 3.05) is 18.0 Å². The molecule has 1 aliphatic heterocycles. The Morgan fingerprint density at radius 2 is 1.79 bits per heavy atom. The normalized spacial score (nSPS) is 18.0. The number of halogens is 2. The van der Waals surface area contributed by atoms with Crippen LogP contribution in [0.15, 0.2) is 53.0 Å². The summed E-state index contributed by atoms with van der Waals surface area (Å²) in [4.78, 5) is 28.7. The molecule has 0 N–H and O–H groups in total. The van der Waals surface area contributed by atoms with E-state index in [2.05, 4.69) is 15.9 Å². The first-order chi connectivity index (χ1) is 11.5. The van der Waals surface area contributed by atoms with Gasteiger partial charge in [-0.15, -0.1) is 0 Å². The second-order valence-corrected chi connectivity index (χ2v) is 6.95. The topological polar surface area (TPSA) is 40.6 Å². The van der Waals surface area contributed by atoms with E-state index < -0.39 is 6.04 Å². The minimum absolute atomic E-state index is 0.125. The predicted molar refractivity (Wildman–Crippen MR) is 98.4 cm³/mol. The van der Waals surface area contributed by atoms with Crippen LogP contribution in [-0.4, -0.2) is 35.8 Å². The lowest BCUT2D eigenvalue weighted by Crippen LogP contribution is -2.57. The van der Waals surface area contributed by atoms with Crippen LogP contribution < -0.4 is 4.90 Å². The van der Waals surface area contributed by atoms with Gasteiger partial charge in [0.05, 0.1) is 10.7 Å². The Morgan fingerprint density at radius 3 is 2.46 bits per heavy atom. The van der Waals surface area contributed by atoms with Crippen molar-refractivity contribution in [3.05, 3.63) is 63.6 Å². The molecule has 2 aromatic carbocycles. The van der Waals surface area contributed by atoms with Crippen molar-refractivity contribution in [3.8, 4) is 0 Å². The van der Waals surface area contributed by atoms with Gasteiger partial charge in [0.2, 0.25) is 5.91 Å². The zero-order valence-electron chi connectivity index (χ0n) is 13.1. The van der Waals surface area contributed by atoms with E-state index >= 15 is 0 Å². The van der Waals surface area contributed by atoms with Gasteiger partial charge < -0.3 is 9.80 Å². The molecule has 24 heavy (non-hydrogen) atoms. The van der Waals surface area contributed by atoms with Crippen molar-refractivity contribution in [1.29, 1.82) is 0 Å². The molecule has 124 valence electrons. The Balaban J connectivity index is 1.81. The number of piperazine rings is 1. The van der Waals surface area contributed by atoms with Crippen LogP contribution in [0.1, 0.15) is 17.3 Å². The monoisotopic (exact) mass is 406 g/mol. The van der Waals surface area contributed by atoms with E-state index in [0.29, 0.717) is 29.4 Å². The third kappa shape index (κ3) is 3.19. The quantitative estimate of drug-likeness (QED) is 0.755. The number of amides is 2. The lowest BCUT2D eigenvalue weighted by atomic mass is 10.1. The van der Waals surface area contributed by atoms with E-state index in [-0.39, 0.29) is 11.8 Å². The van der Waals surface area contributed by atoms with Crippen LogP contribution in [0.3, 0.4) is 0 Å². The molecule has 3 rings (SSSR count). The first kappa shape index (κ1) is 17.0. The molecule has 4 nitrogen and oxygen atoms in total. The maximum atomic E-state index is 12.7. The largest absolute Gasteiger partial charge is 0.325 e. The van der Waals surface area contributed by atoms with Crippen LogP contribution in [0, 0.1) is 0 Å². The number of benzene rings is 2. The summed E-state index contributed by atoms with van der Waals surface area (Å²) in [5, 5.41) is 0.533. The van der Waals surface area contributed by atoms with Crippen LogP contribution in [0.5, 0.6) is 0 Å². The highest BCUT2D eigenvalue weighted by Gasteiger charge is 2.35. The van der Waals surface area contributed by atoms with E-state index in [1.54, 1.807) is 34.9 Å². The molecule has 0 saturated carbocycles. The summed E-state index contributed by atoms with van der Waals surface area (Å²) in [5.41, 5.74) is 1.26. The highest BCUT2D eigenvalue weighted by molar-refractivity contribution is 9.10. The predicted octanol–water partition coefficient (Wildman–Crippen LogP) is 3.98. The van der Waals surface area contributed by atoms with E-state index in [1.165, 1.54) is 0 Å². The van der Waals surface area contributed by atoms with Gasteiger partial charge in [-0.1, -0.05) is 39.7 Å². The van der Waals surface area contributed by atoms with E-state index in [4.69, 9.17) is 11.6 Å².